The number of benzene rings is 2. The van der Waals surface area contributed by atoms with Crippen LogP contribution in [0.4, 0.5) is 5.69 Å². The molecule has 0 saturated carbocycles. The molecule has 1 aliphatic heterocycles. The van der Waals surface area contributed by atoms with Gasteiger partial charge in [0.25, 0.3) is 0 Å². The molecule has 0 spiro atoms. The number of rotatable bonds is 5. The van der Waals surface area contributed by atoms with E-state index in [9.17, 15) is 0 Å². The van der Waals surface area contributed by atoms with Crippen molar-refractivity contribution in [3.63, 3.8) is 0 Å². The lowest BCUT2D eigenvalue weighted by atomic mass is 9.96. The number of aromatic nitrogens is 2. The van der Waals surface area contributed by atoms with Crippen LogP contribution in [0, 0.1) is 20.8 Å². The minimum Gasteiger partial charge on any atom is -0.495 e. The minimum absolute atomic E-state index is 0.113. The van der Waals surface area contributed by atoms with Gasteiger partial charge in [-0.3, -0.25) is 4.98 Å². The van der Waals surface area contributed by atoms with Crippen molar-refractivity contribution in [3.8, 4) is 11.4 Å². The number of hydrogen-bond donors (Lipinski definition) is 1. The van der Waals surface area contributed by atoms with Crippen molar-refractivity contribution in [2.45, 2.75) is 32.9 Å². The summed E-state index contributed by atoms with van der Waals surface area (Å²) in [5.41, 5.74) is 7.33. The lowest BCUT2D eigenvalue weighted by molar-refractivity contribution is 0.412. The molecule has 0 bridgehead atoms. The molecule has 1 fully saturated rings. The Hall–Kier alpha value is -2.87. The van der Waals surface area contributed by atoms with Crippen molar-refractivity contribution in [1.82, 2.24) is 14.9 Å². The number of thiocarbonyl (C=S) groups is 1. The smallest absolute Gasteiger partial charge is 0.174 e. The highest BCUT2D eigenvalue weighted by Gasteiger charge is 2.42. The first kappa shape index (κ1) is 24.8. The molecule has 3 heterocycles. The maximum atomic E-state index is 6.40. The maximum absolute atomic E-state index is 6.40. The average Bonchev–Trinajstić information content (AvgIpc) is 3.36. The average molecular weight is 582 g/mol. The number of anilines is 1. The fourth-order valence-electron chi connectivity index (χ4n) is 5.02. The van der Waals surface area contributed by atoms with Gasteiger partial charge in [0, 0.05) is 32.8 Å². The van der Waals surface area contributed by atoms with Gasteiger partial charge in [-0.05, 0) is 98.7 Å². The Labute approximate surface area is 230 Å². The third-order valence-corrected chi connectivity index (χ3v) is 8.13. The largest absolute Gasteiger partial charge is 0.495 e. The molecule has 5 nitrogen and oxygen atoms in total. The zero-order valence-electron chi connectivity index (χ0n) is 20.4. The molecule has 0 unspecified atom stereocenters. The molecule has 184 valence electrons. The molecule has 2 aromatic heterocycles. The Bertz CT molecular complexity index is 1460. The van der Waals surface area contributed by atoms with E-state index in [4.69, 9.17) is 28.6 Å². The number of halogens is 2. The van der Waals surface area contributed by atoms with Crippen LogP contribution in [0.1, 0.15) is 40.3 Å². The molecular weight excluding hydrogens is 556 g/mol. The van der Waals surface area contributed by atoms with E-state index in [-0.39, 0.29) is 12.1 Å². The summed E-state index contributed by atoms with van der Waals surface area (Å²) in [6.07, 6.45) is 1.82. The van der Waals surface area contributed by atoms with Crippen molar-refractivity contribution >= 4 is 50.5 Å². The summed E-state index contributed by atoms with van der Waals surface area (Å²) >= 11 is 15.9. The van der Waals surface area contributed by atoms with Gasteiger partial charge in [0.1, 0.15) is 5.75 Å². The SMILES string of the molecule is COc1ccc(Cl)cc1-n1c(C)cc([C@@H]2[C@H](c3ccccn3)NC(=S)N2c2ccc(Br)c(C)c2)c1C. The number of nitrogens with one attached hydrogen (secondary N) is 1. The Morgan fingerprint density at radius 3 is 2.56 bits per heavy atom. The molecule has 1 saturated heterocycles. The first-order valence-electron chi connectivity index (χ1n) is 11.6. The van der Waals surface area contributed by atoms with E-state index in [0.717, 1.165) is 49.8 Å². The van der Waals surface area contributed by atoms with Gasteiger partial charge in [-0.15, -0.1) is 0 Å². The number of pyridine rings is 1. The topological polar surface area (TPSA) is 42.3 Å². The van der Waals surface area contributed by atoms with Crippen LogP contribution in [-0.4, -0.2) is 21.8 Å². The zero-order valence-corrected chi connectivity index (χ0v) is 23.6. The quantitative estimate of drug-likeness (QED) is 0.249. The molecule has 8 heteroatoms. The van der Waals surface area contributed by atoms with E-state index in [1.54, 1.807) is 7.11 Å². The summed E-state index contributed by atoms with van der Waals surface area (Å²) in [7, 11) is 1.68. The lowest BCUT2D eigenvalue weighted by Gasteiger charge is -2.28. The van der Waals surface area contributed by atoms with Gasteiger partial charge in [0.2, 0.25) is 0 Å². The summed E-state index contributed by atoms with van der Waals surface area (Å²) in [5, 5.41) is 4.88. The lowest BCUT2D eigenvalue weighted by Crippen LogP contribution is -2.29. The second-order valence-corrected chi connectivity index (χ2v) is 10.6. The highest BCUT2D eigenvalue weighted by molar-refractivity contribution is 9.10. The molecule has 36 heavy (non-hydrogen) atoms. The summed E-state index contributed by atoms with van der Waals surface area (Å²) in [6.45, 7) is 6.31. The van der Waals surface area contributed by atoms with Gasteiger partial charge in [-0.1, -0.05) is 33.6 Å². The van der Waals surface area contributed by atoms with Crippen LogP contribution in [0.25, 0.3) is 5.69 Å². The Kier molecular flexibility index (Phi) is 6.81. The Morgan fingerprint density at radius 2 is 1.86 bits per heavy atom. The van der Waals surface area contributed by atoms with Crippen LogP contribution in [0.5, 0.6) is 5.75 Å². The molecule has 0 amide bonds. The highest BCUT2D eigenvalue weighted by Crippen LogP contribution is 2.44. The Morgan fingerprint density at radius 1 is 1.06 bits per heavy atom. The van der Waals surface area contributed by atoms with E-state index in [1.807, 2.05) is 42.6 Å². The molecule has 0 aliphatic carbocycles. The first-order chi connectivity index (χ1) is 17.3. The zero-order chi connectivity index (χ0) is 25.6. The third kappa shape index (κ3) is 4.29. The van der Waals surface area contributed by atoms with E-state index < -0.39 is 0 Å². The predicted molar refractivity (Wildman–Crippen MR) is 154 cm³/mol. The van der Waals surface area contributed by atoms with Crippen molar-refractivity contribution in [2.75, 3.05) is 12.0 Å². The fraction of sp³-hybridized carbons (Fsp3) is 0.214. The minimum atomic E-state index is -0.127. The van der Waals surface area contributed by atoms with Gasteiger partial charge < -0.3 is 19.5 Å². The molecule has 5 rings (SSSR count). The van der Waals surface area contributed by atoms with Gasteiger partial charge in [-0.25, -0.2) is 0 Å². The highest BCUT2D eigenvalue weighted by atomic mass is 79.9. The second-order valence-electron chi connectivity index (χ2n) is 8.91. The van der Waals surface area contributed by atoms with Gasteiger partial charge in [0.05, 0.1) is 30.6 Å². The fourth-order valence-corrected chi connectivity index (χ4v) is 5.78. The van der Waals surface area contributed by atoms with E-state index in [0.29, 0.717) is 10.1 Å². The number of aryl methyl sites for hydroxylation is 2. The molecule has 0 radical (unpaired) electrons. The number of methoxy groups -OCH3 is 1. The monoisotopic (exact) mass is 580 g/mol. The summed E-state index contributed by atoms with van der Waals surface area (Å²) in [4.78, 5) is 6.89. The predicted octanol–water partition coefficient (Wildman–Crippen LogP) is 7.40. The van der Waals surface area contributed by atoms with Crippen molar-refractivity contribution in [3.05, 3.63) is 105 Å². The maximum Gasteiger partial charge on any atom is 0.174 e. The number of ether oxygens (including phenoxy) is 1. The number of nitrogens with zero attached hydrogens (tertiary/aromatic N) is 3. The third-order valence-electron chi connectivity index (χ3n) is 6.69. The Balaban J connectivity index is 1.71. The molecule has 4 aromatic rings. The van der Waals surface area contributed by atoms with E-state index >= 15 is 0 Å². The van der Waals surface area contributed by atoms with Crippen LogP contribution in [-0.2, 0) is 0 Å². The van der Waals surface area contributed by atoms with Crippen LogP contribution in [0.15, 0.2) is 71.3 Å². The molecule has 2 atom stereocenters. The van der Waals surface area contributed by atoms with Gasteiger partial charge >= 0.3 is 0 Å². The summed E-state index contributed by atoms with van der Waals surface area (Å²) < 4.78 is 8.94. The summed E-state index contributed by atoms with van der Waals surface area (Å²) in [6, 6.07) is 20.0. The molecule has 1 N–H and O–H groups in total. The first-order valence-corrected chi connectivity index (χ1v) is 13.2. The molecule has 2 aromatic carbocycles. The van der Waals surface area contributed by atoms with Crippen LogP contribution >= 0.6 is 39.7 Å². The number of hydrogen-bond acceptors (Lipinski definition) is 3. The van der Waals surface area contributed by atoms with Crippen molar-refractivity contribution in [2.24, 2.45) is 0 Å². The molecule has 1 aliphatic rings. The van der Waals surface area contributed by atoms with Gasteiger partial charge in [-0.2, -0.15) is 0 Å². The standard InChI is InChI=1S/C28H26BrClN4OS/c1-16-13-20(9-10-22(16)29)34-27(26(32-28(34)36)23-7-5-6-12-31-23)21-14-17(2)33(18(21)3)24-15-19(30)8-11-25(24)35-4/h5-15,26-27H,1-4H3,(H,32,36)/t26-,27+/m0/s1. The van der Waals surface area contributed by atoms with Crippen LogP contribution in [0.2, 0.25) is 5.02 Å². The van der Waals surface area contributed by atoms with Gasteiger partial charge in [0.15, 0.2) is 5.11 Å². The normalized spacial score (nSPS) is 17.4. The van der Waals surface area contributed by atoms with Crippen LogP contribution in [0.3, 0.4) is 0 Å². The second kappa shape index (κ2) is 9.88. The van der Waals surface area contributed by atoms with Crippen LogP contribution < -0.4 is 15.0 Å². The molecular formula is C28H26BrClN4OS. The van der Waals surface area contributed by atoms with Crippen molar-refractivity contribution in [1.29, 1.82) is 0 Å². The van der Waals surface area contributed by atoms with E-state index in [2.05, 4.69) is 80.7 Å². The summed E-state index contributed by atoms with van der Waals surface area (Å²) in [5.74, 6) is 0.759. The van der Waals surface area contributed by atoms with Crippen molar-refractivity contribution < 1.29 is 4.74 Å². The van der Waals surface area contributed by atoms with E-state index in [1.165, 1.54) is 0 Å².